The standard InChI is InChI=1S/C13H19BrN2O3/c1-8(2)5-10(13(18)19-4)15-12(17)11-6-9(14)7-16(11)3/h6-8,10H,5H2,1-4H3,(H,15,17). The molecule has 0 aliphatic carbocycles. The van der Waals surface area contributed by atoms with Crippen molar-refractivity contribution in [2.75, 3.05) is 7.11 Å². The number of aromatic nitrogens is 1. The van der Waals surface area contributed by atoms with Crippen molar-refractivity contribution < 1.29 is 14.3 Å². The van der Waals surface area contributed by atoms with Gasteiger partial charge in [-0.25, -0.2) is 4.79 Å². The number of esters is 1. The molecule has 0 radical (unpaired) electrons. The lowest BCUT2D eigenvalue weighted by molar-refractivity contribution is -0.143. The number of methoxy groups -OCH3 is 1. The molecule has 5 nitrogen and oxygen atoms in total. The van der Waals surface area contributed by atoms with Crippen LogP contribution in [0.2, 0.25) is 0 Å². The van der Waals surface area contributed by atoms with Crippen molar-refractivity contribution in [3.63, 3.8) is 0 Å². The summed E-state index contributed by atoms with van der Waals surface area (Å²) in [7, 11) is 3.09. The summed E-state index contributed by atoms with van der Waals surface area (Å²) in [6, 6.07) is 1.09. The van der Waals surface area contributed by atoms with Gasteiger partial charge in [0.05, 0.1) is 7.11 Å². The van der Waals surface area contributed by atoms with Gasteiger partial charge in [-0.1, -0.05) is 13.8 Å². The quantitative estimate of drug-likeness (QED) is 0.841. The van der Waals surface area contributed by atoms with Gasteiger partial charge in [0.15, 0.2) is 0 Å². The first-order valence-corrected chi connectivity index (χ1v) is 6.85. The van der Waals surface area contributed by atoms with Crippen molar-refractivity contribution in [3.05, 3.63) is 22.4 Å². The van der Waals surface area contributed by atoms with Crippen LogP contribution in [0, 0.1) is 5.92 Å². The summed E-state index contributed by atoms with van der Waals surface area (Å²) in [6.07, 6.45) is 2.33. The summed E-state index contributed by atoms with van der Waals surface area (Å²) < 4.78 is 7.23. The molecular weight excluding hydrogens is 312 g/mol. The zero-order valence-corrected chi connectivity index (χ0v) is 13.2. The predicted molar refractivity (Wildman–Crippen MR) is 75.8 cm³/mol. The van der Waals surface area contributed by atoms with Gasteiger partial charge in [0.25, 0.3) is 5.91 Å². The van der Waals surface area contributed by atoms with Crippen molar-refractivity contribution in [1.29, 1.82) is 0 Å². The Balaban J connectivity index is 2.81. The Labute approximate surface area is 121 Å². The summed E-state index contributed by atoms with van der Waals surface area (Å²) in [6.45, 7) is 3.97. The molecule has 0 saturated heterocycles. The van der Waals surface area contributed by atoms with Crippen molar-refractivity contribution in [2.45, 2.75) is 26.3 Å². The molecule has 19 heavy (non-hydrogen) atoms. The van der Waals surface area contributed by atoms with Crippen LogP contribution in [0.3, 0.4) is 0 Å². The number of halogens is 1. The Morgan fingerprint density at radius 2 is 2.11 bits per heavy atom. The second-order valence-electron chi connectivity index (χ2n) is 4.83. The zero-order chi connectivity index (χ0) is 14.6. The maximum Gasteiger partial charge on any atom is 0.328 e. The number of amides is 1. The van der Waals surface area contributed by atoms with E-state index in [4.69, 9.17) is 4.74 Å². The number of aryl methyl sites for hydroxylation is 1. The van der Waals surface area contributed by atoms with Gasteiger partial charge in [-0.15, -0.1) is 0 Å². The largest absolute Gasteiger partial charge is 0.467 e. The molecule has 1 aromatic rings. The van der Waals surface area contributed by atoms with Crippen molar-refractivity contribution in [3.8, 4) is 0 Å². The average molecular weight is 331 g/mol. The monoisotopic (exact) mass is 330 g/mol. The molecule has 0 bridgehead atoms. The number of hydrogen-bond donors (Lipinski definition) is 1. The summed E-state index contributed by atoms with van der Waals surface area (Å²) in [5, 5.41) is 2.71. The lowest BCUT2D eigenvalue weighted by Crippen LogP contribution is -2.42. The Hall–Kier alpha value is -1.30. The fraction of sp³-hybridized carbons (Fsp3) is 0.538. The second kappa shape index (κ2) is 6.75. The van der Waals surface area contributed by atoms with Gasteiger partial charge < -0.3 is 14.6 Å². The van der Waals surface area contributed by atoms with Crippen LogP contribution in [-0.2, 0) is 16.6 Å². The molecule has 106 valence electrons. The van der Waals surface area contributed by atoms with Gasteiger partial charge in [-0.05, 0) is 34.3 Å². The predicted octanol–water partition coefficient (Wildman–Crippen LogP) is 2.11. The van der Waals surface area contributed by atoms with Gasteiger partial charge >= 0.3 is 5.97 Å². The van der Waals surface area contributed by atoms with E-state index in [1.165, 1.54) is 7.11 Å². The Morgan fingerprint density at radius 1 is 1.47 bits per heavy atom. The molecule has 1 rings (SSSR count). The number of nitrogens with one attached hydrogen (secondary N) is 1. The topological polar surface area (TPSA) is 60.3 Å². The van der Waals surface area contributed by atoms with Crippen LogP contribution in [0.4, 0.5) is 0 Å². The third kappa shape index (κ3) is 4.38. The molecule has 0 aliphatic rings. The van der Waals surface area contributed by atoms with Crippen molar-refractivity contribution in [1.82, 2.24) is 9.88 Å². The Morgan fingerprint density at radius 3 is 2.53 bits per heavy atom. The molecule has 1 unspecified atom stereocenters. The number of ether oxygens (including phenoxy) is 1. The molecule has 1 atom stereocenters. The molecule has 1 N–H and O–H groups in total. The molecule has 1 aromatic heterocycles. The van der Waals surface area contributed by atoms with E-state index in [2.05, 4.69) is 21.2 Å². The highest BCUT2D eigenvalue weighted by Gasteiger charge is 2.24. The minimum Gasteiger partial charge on any atom is -0.467 e. The number of nitrogens with zero attached hydrogens (tertiary/aromatic N) is 1. The minimum atomic E-state index is -0.619. The summed E-state index contributed by atoms with van der Waals surface area (Å²) in [5.41, 5.74) is 0.490. The van der Waals surface area contributed by atoms with Crippen LogP contribution < -0.4 is 5.32 Å². The highest BCUT2D eigenvalue weighted by molar-refractivity contribution is 9.10. The first-order valence-electron chi connectivity index (χ1n) is 6.05. The number of carbonyl (C=O) groups excluding carboxylic acids is 2. The van der Waals surface area contributed by atoms with Crippen molar-refractivity contribution >= 4 is 27.8 Å². The summed E-state index contributed by atoms with van der Waals surface area (Å²) >= 11 is 3.31. The fourth-order valence-corrected chi connectivity index (χ4v) is 2.33. The number of carbonyl (C=O) groups is 2. The molecule has 6 heteroatoms. The van der Waals surface area contributed by atoms with Gasteiger partial charge in [0, 0.05) is 17.7 Å². The highest BCUT2D eigenvalue weighted by Crippen LogP contribution is 2.14. The number of hydrogen-bond acceptors (Lipinski definition) is 3. The van der Waals surface area contributed by atoms with Gasteiger partial charge in [-0.3, -0.25) is 4.79 Å². The smallest absolute Gasteiger partial charge is 0.328 e. The average Bonchev–Trinajstić information content (AvgIpc) is 2.66. The molecule has 0 fully saturated rings. The minimum absolute atomic E-state index is 0.282. The maximum atomic E-state index is 12.1. The Kier molecular flexibility index (Phi) is 5.60. The molecular formula is C13H19BrN2O3. The molecule has 0 saturated carbocycles. The zero-order valence-electron chi connectivity index (χ0n) is 11.6. The van der Waals surface area contributed by atoms with E-state index in [0.29, 0.717) is 12.1 Å². The summed E-state index contributed by atoms with van der Waals surface area (Å²) in [4.78, 5) is 23.8. The molecule has 0 spiro atoms. The van der Waals surface area contributed by atoms with E-state index in [9.17, 15) is 9.59 Å². The van der Waals surface area contributed by atoms with Crippen LogP contribution in [0.15, 0.2) is 16.7 Å². The normalized spacial score (nSPS) is 12.3. The van der Waals surface area contributed by atoms with Gasteiger partial charge in [-0.2, -0.15) is 0 Å². The van der Waals surface area contributed by atoms with Gasteiger partial charge in [0.1, 0.15) is 11.7 Å². The van der Waals surface area contributed by atoms with Crippen LogP contribution in [0.5, 0.6) is 0 Å². The summed E-state index contributed by atoms with van der Waals surface area (Å²) in [5.74, 6) is -0.427. The SMILES string of the molecule is COC(=O)C(CC(C)C)NC(=O)c1cc(Br)cn1C. The van der Waals surface area contributed by atoms with Gasteiger partial charge in [0.2, 0.25) is 0 Å². The lowest BCUT2D eigenvalue weighted by atomic mass is 10.0. The van der Waals surface area contributed by atoms with Crippen molar-refractivity contribution in [2.24, 2.45) is 13.0 Å². The first kappa shape index (κ1) is 15.8. The molecule has 1 amide bonds. The third-order valence-electron chi connectivity index (χ3n) is 2.70. The lowest BCUT2D eigenvalue weighted by Gasteiger charge is -2.18. The van der Waals surface area contributed by atoms with Crippen LogP contribution in [0.25, 0.3) is 0 Å². The van der Waals surface area contributed by atoms with Crippen LogP contribution in [0.1, 0.15) is 30.8 Å². The van der Waals surface area contributed by atoms with E-state index in [1.807, 2.05) is 13.8 Å². The molecule has 0 aromatic carbocycles. The van der Waals surface area contributed by atoms with Crippen LogP contribution in [-0.4, -0.2) is 29.6 Å². The molecule has 1 heterocycles. The molecule has 0 aliphatic heterocycles. The Bertz CT molecular complexity index is 468. The third-order valence-corrected chi connectivity index (χ3v) is 3.14. The van der Waals surface area contributed by atoms with Crippen LogP contribution >= 0.6 is 15.9 Å². The van der Waals surface area contributed by atoms with E-state index in [1.54, 1.807) is 23.9 Å². The van der Waals surface area contributed by atoms with E-state index in [0.717, 1.165) is 4.47 Å². The number of rotatable bonds is 5. The second-order valence-corrected chi connectivity index (χ2v) is 5.75. The highest BCUT2D eigenvalue weighted by atomic mass is 79.9. The van der Waals surface area contributed by atoms with E-state index < -0.39 is 12.0 Å². The van der Waals surface area contributed by atoms with E-state index >= 15 is 0 Å². The first-order chi connectivity index (χ1) is 8.85. The van der Waals surface area contributed by atoms with E-state index in [-0.39, 0.29) is 11.8 Å². The maximum absolute atomic E-state index is 12.1. The fourth-order valence-electron chi connectivity index (χ4n) is 1.81.